The molecule has 12 heteroatoms. The lowest BCUT2D eigenvalue weighted by Crippen LogP contribution is -2.58. The van der Waals surface area contributed by atoms with Crippen molar-refractivity contribution in [2.75, 3.05) is 6.61 Å². The van der Waals surface area contributed by atoms with Crippen molar-refractivity contribution in [3.05, 3.63) is 277 Å². The van der Waals surface area contributed by atoms with Crippen molar-refractivity contribution in [2.24, 2.45) is 5.11 Å². The summed E-state index contributed by atoms with van der Waals surface area (Å²) >= 11 is 0. The summed E-state index contributed by atoms with van der Waals surface area (Å²) in [4.78, 5) is 18.0. The summed E-state index contributed by atoms with van der Waals surface area (Å²) in [5, 5.41) is 3.99. The summed E-state index contributed by atoms with van der Waals surface area (Å²) in [6.07, 6.45) is -4.47. The van der Waals surface area contributed by atoms with E-state index in [9.17, 15) is 5.53 Å². The number of ether oxygens (including phenoxy) is 7. The van der Waals surface area contributed by atoms with Crippen LogP contribution in [0.3, 0.4) is 0 Å². The Balaban J connectivity index is 1.18. The van der Waals surface area contributed by atoms with Gasteiger partial charge in [0.05, 0.1) is 38.6 Å². The Kier molecular flexibility index (Phi) is 17.0. The highest BCUT2D eigenvalue weighted by atomic mass is 16.6. The minimum absolute atomic E-state index is 0.0713. The van der Waals surface area contributed by atoms with Crippen LogP contribution in [0, 0.1) is 6.92 Å². The Bertz CT molecular complexity index is 3380. The Labute approximate surface area is 441 Å². The number of hydrogen-bond donors (Lipinski definition) is 0. The topological polar surface area (TPSA) is 144 Å². The van der Waals surface area contributed by atoms with E-state index in [4.69, 9.17) is 37.6 Å². The molecule has 0 unspecified atom stereocenters. The first-order valence-corrected chi connectivity index (χ1v) is 25.3. The lowest BCUT2D eigenvalue weighted by molar-refractivity contribution is -0.275. The van der Waals surface area contributed by atoms with Crippen molar-refractivity contribution in [1.29, 1.82) is 0 Å². The largest absolute Gasteiger partial charge is 0.488 e. The molecule has 0 bridgehead atoms. The summed E-state index contributed by atoms with van der Waals surface area (Å²) < 4.78 is 56.3. The second-order valence-corrected chi connectivity index (χ2v) is 18.6. The maximum atomic E-state index is 15.1. The van der Waals surface area contributed by atoms with Gasteiger partial charge < -0.3 is 37.6 Å². The number of hydrogen-bond acceptors (Lipinski definition) is 10. The van der Waals surface area contributed by atoms with Crippen LogP contribution >= 0.6 is 0 Å². The molecule has 0 radical (unpaired) electrons. The van der Waals surface area contributed by atoms with E-state index < -0.39 is 30.5 Å². The molecule has 0 aliphatic carbocycles. The van der Waals surface area contributed by atoms with Gasteiger partial charge in [0.2, 0.25) is 0 Å². The first-order chi connectivity index (χ1) is 37.5. The second kappa shape index (κ2) is 25.3. The molecule has 1 aromatic heterocycles. The molecule has 1 aliphatic rings. The molecule has 1 saturated heterocycles. The summed E-state index contributed by atoms with van der Waals surface area (Å²) in [6, 6.07) is 67.7. The number of nitrogens with zero attached hydrogens (tertiary/aromatic N) is 3. The first kappa shape index (κ1) is 51.2. The van der Waals surface area contributed by atoms with Crippen LogP contribution in [0.4, 0.5) is 5.69 Å². The van der Waals surface area contributed by atoms with Gasteiger partial charge in [-0.05, 0) is 45.8 Å². The molecular weight excluding hydrogens is 955 g/mol. The average molecular weight is 1010 g/mol. The molecule has 0 N–H and O–H groups in total. The fourth-order valence-corrected chi connectivity index (χ4v) is 9.29. The standard InChI is InChI=1S/C64H57N3O9/c1-44-27-31-51(32-28-44)54-35-53(68)58-55(70-38-46-19-9-3-10-20-46)36-56(71-39-47-21-11-4-12-22-47)59(61(58)75-54)62-64(74-42-50-29-33-52(34-30-50)66-67-65)63(73-41-49-25-15-6-16-26-49)60(72-40-48-23-13-5-14-24-48)57(76-62)43-69-37-45-17-7-2-8-18-45/h2-36,57,60,62-64H,37-43H2,1H3/t57-,60-,62+,63+,64+/m1/s1. The Morgan fingerprint density at radius 1 is 0.513 bits per heavy atom. The van der Waals surface area contributed by atoms with Gasteiger partial charge in [0.25, 0.3) is 0 Å². The molecule has 0 amide bonds. The van der Waals surface area contributed by atoms with E-state index in [-0.39, 0.29) is 61.8 Å². The van der Waals surface area contributed by atoms with Crippen LogP contribution in [0.2, 0.25) is 0 Å². The predicted octanol–water partition coefficient (Wildman–Crippen LogP) is 14.3. The van der Waals surface area contributed by atoms with E-state index in [0.29, 0.717) is 34.9 Å². The molecule has 9 aromatic rings. The second-order valence-electron chi connectivity index (χ2n) is 18.6. The van der Waals surface area contributed by atoms with E-state index in [1.165, 1.54) is 6.07 Å². The van der Waals surface area contributed by atoms with Gasteiger partial charge in [0.1, 0.15) is 66.4 Å². The summed E-state index contributed by atoms with van der Waals surface area (Å²) in [5.41, 5.74) is 17.1. The van der Waals surface area contributed by atoms with Crippen LogP contribution in [0.25, 0.3) is 32.7 Å². The van der Waals surface area contributed by atoms with E-state index in [1.54, 1.807) is 18.2 Å². The third-order valence-electron chi connectivity index (χ3n) is 13.2. The fourth-order valence-electron chi connectivity index (χ4n) is 9.29. The van der Waals surface area contributed by atoms with Gasteiger partial charge in [0.15, 0.2) is 11.0 Å². The van der Waals surface area contributed by atoms with Crippen LogP contribution in [0.5, 0.6) is 11.5 Å². The molecule has 382 valence electrons. The minimum Gasteiger partial charge on any atom is -0.488 e. The average Bonchev–Trinajstić information content (AvgIpc) is 3.57. The zero-order valence-electron chi connectivity index (χ0n) is 42.1. The minimum atomic E-state index is -1.07. The lowest BCUT2D eigenvalue weighted by atomic mass is 9.88. The highest BCUT2D eigenvalue weighted by Gasteiger charge is 2.51. The molecule has 0 spiro atoms. The van der Waals surface area contributed by atoms with E-state index in [0.717, 1.165) is 38.9 Å². The Morgan fingerprint density at radius 3 is 1.53 bits per heavy atom. The van der Waals surface area contributed by atoms with E-state index >= 15 is 4.79 Å². The van der Waals surface area contributed by atoms with Gasteiger partial charge in [-0.3, -0.25) is 4.79 Å². The smallest absolute Gasteiger partial charge is 0.197 e. The maximum absolute atomic E-state index is 15.1. The predicted molar refractivity (Wildman–Crippen MR) is 292 cm³/mol. The highest BCUT2D eigenvalue weighted by Crippen LogP contribution is 2.47. The number of azide groups is 1. The van der Waals surface area contributed by atoms with Crippen molar-refractivity contribution >= 4 is 16.7 Å². The Morgan fingerprint density at radius 2 is 0.987 bits per heavy atom. The number of aryl methyl sites for hydroxylation is 1. The molecular formula is C64H57N3O9. The molecule has 10 rings (SSSR count). The van der Waals surface area contributed by atoms with Crippen molar-refractivity contribution in [1.82, 2.24) is 0 Å². The number of fused-ring (bicyclic) bond motifs is 1. The van der Waals surface area contributed by atoms with Gasteiger partial charge >= 0.3 is 0 Å². The van der Waals surface area contributed by atoms with Crippen molar-refractivity contribution in [3.8, 4) is 22.8 Å². The van der Waals surface area contributed by atoms with Crippen molar-refractivity contribution in [3.63, 3.8) is 0 Å². The normalized spacial score (nSPS) is 17.2. The number of benzene rings is 8. The summed E-state index contributed by atoms with van der Waals surface area (Å²) in [6.45, 7) is 3.19. The highest BCUT2D eigenvalue weighted by molar-refractivity contribution is 5.90. The molecule has 76 heavy (non-hydrogen) atoms. The SMILES string of the molecule is Cc1ccc(-c2cc(=O)c3c(OCc4ccccc4)cc(OCc4ccccc4)c([C@@H]4O[C@H](COCc5ccccc5)[C@@H](OCc5ccccc5)[C@H](OCc5ccccc5)[C@H]4OCc4ccc(N=[N+]=[N-])cc4)c3o2)cc1. The summed E-state index contributed by atoms with van der Waals surface area (Å²) in [7, 11) is 0. The zero-order chi connectivity index (χ0) is 51.9. The molecule has 1 fully saturated rings. The molecule has 2 heterocycles. The molecule has 0 saturated carbocycles. The van der Waals surface area contributed by atoms with Crippen molar-refractivity contribution in [2.45, 2.75) is 77.1 Å². The van der Waals surface area contributed by atoms with Crippen LogP contribution in [-0.4, -0.2) is 31.0 Å². The third-order valence-corrected chi connectivity index (χ3v) is 13.2. The van der Waals surface area contributed by atoms with Gasteiger partial charge in [-0.1, -0.05) is 211 Å². The zero-order valence-corrected chi connectivity index (χ0v) is 42.1. The van der Waals surface area contributed by atoms with Gasteiger partial charge in [-0.25, -0.2) is 0 Å². The molecule has 12 nitrogen and oxygen atoms in total. The van der Waals surface area contributed by atoms with Crippen LogP contribution in [0.15, 0.2) is 227 Å². The third kappa shape index (κ3) is 12.9. The van der Waals surface area contributed by atoms with Crippen LogP contribution in [0.1, 0.15) is 50.6 Å². The molecule has 8 aromatic carbocycles. The molecule has 5 atom stereocenters. The van der Waals surface area contributed by atoms with E-state index in [2.05, 4.69) is 10.0 Å². The van der Waals surface area contributed by atoms with E-state index in [1.807, 2.05) is 195 Å². The molecule has 1 aliphatic heterocycles. The lowest BCUT2D eigenvalue weighted by Gasteiger charge is -2.46. The first-order valence-electron chi connectivity index (χ1n) is 25.3. The van der Waals surface area contributed by atoms with Gasteiger partial charge in [0, 0.05) is 28.3 Å². The summed E-state index contributed by atoms with van der Waals surface area (Å²) in [5.74, 6) is 0.951. The number of rotatable bonds is 22. The van der Waals surface area contributed by atoms with Crippen LogP contribution in [-0.2, 0) is 63.3 Å². The maximum Gasteiger partial charge on any atom is 0.197 e. The fraction of sp³-hybridized carbons (Fsp3) is 0.203. The monoisotopic (exact) mass is 1010 g/mol. The Hall–Kier alpha value is -8.32. The van der Waals surface area contributed by atoms with Gasteiger partial charge in [-0.15, -0.1) is 0 Å². The van der Waals surface area contributed by atoms with Crippen LogP contribution < -0.4 is 14.9 Å². The quantitative estimate of drug-likeness (QED) is 0.0368. The van der Waals surface area contributed by atoms with Crippen molar-refractivity contribution < 1.29 is 37.6 Å². The van der Waals surface area contributed by atoms with Gasteiger partial charge in [-0.2, -0.15) is 0 Å².